The van der Waals surface area contributed by atoms with Gasteiger partial charge >= 0.3 is 5.97 Å². The van der Waals surface area contributed by atoms with Gasteiger partial charge < -0.3 is 24.8 Å². The molecule has 0 aliphatic carbocycles. The van der Waals surface area contributed by atoms with E-state index in [0.717, 1.165) is 0 Å². The summed E-state index contributed by atoms with van der Waals surface area (Å²) in [6, 6.07) is 0. The van der Waals surface area contributed by atoms with Gasteiger partial charge in [0, 0.05) is 13.1 Å². The van der Waals surface area contributed by atoms with Crippen LogP contribution >= 0.6 is 0 Å². The van der Waals surface area contributed by atoms with E-state index in [9.17, 15) is 15.0 Å². The van der Waals surface area contributed by atoms with Gasteiger partial charge in [-0.1, -0.05) is 12.2 Å². The third-order valence-corrected chi connectivity index (χ3v) is 2.45. The van der Waals surface area contributed by atoms with Crippen LogP contribution in [0, 0.1) is 0 Å². The number of hydrogen-bond acceptors (Lipinski definition) is 7. The Morgan fingerprint density at radius 1 is 1.00 bits per heavy atom. The molecule has 0 rings (SSSR count). The Kier molecular flexibility index (Phi) is 12.6. The molecule has 22 heavy (non-hydrogen) atoms. The zero-order chi connectivity index (χ0) is 16.8. The summed E-state index contributed by atoms with van der Waals surface area (Å²) in [6.45, 7) is 7.78. The molecule has 0 radical (unpaired) electrons. The lowest BCUT2D eigenvalue weighted by atomic mass is 10.3. The van der Waals surface area contributed by atoms with E-state index in [4.69, 9.17) is 14.6 Å². The highest BCUT2D eigenvalue weighted by Crippen LogP contribution is 1.89. The number of aliphatic carboxylic acids is 1. The number of aliphatic hydroxyl groups is 2. The van der Waals surface area contributed by atoms with E-state index in [-0.39, 0.29) is 26.3 Å². The fourth-order valence-corrected chi connectivity index (χ4v) is 1.45. The summed E-state index contributed by atoms with van der Waals surface area (Å²) >= 11 is 0. The summed E-state index contributed by atoms with van der Waals surface area (Å²) < 4.78 is 10.1. The van der Waals surface area contributed by atoms with Crippen LogP contribution < -0.4 is 10.6 Å². The van der Waals surface area contributed by atoms with Crippen molar-refractivity contribution >= 4 is 5.97 Å². The van der Waals surface area contributed by atoms with Crippen LogP contribution in [-0.2, 0) is 14.3 Å². The topological polar surface area (TPSA) is 120 Å². The number of rotatable bonds is 15. The maximum atomic E-state index is 11.1. The Morgan fingerprint density at radius 3 is 1.73 bits per heavy atom. The smallest absolute Gasteiger partial charge is 0.335 e. The Labute approximate surface area is 130 Å². The van der Waals surface area contributed by atoms with Gasteiger partial charge in [0.2, 0.25) is 0 Å². The lowest BCUT2D eigenvalue weighted by Gasteiger charge is -2.20. The molecule has 8 nitrogen and oxygen atoms in total. The van der Waals surface area contributed by atoms with Crippen LogP contribution in [0.4, 0.5) is 0 Å². The van der Waals surface area contributed by atoms with E-state index >= 15 is 0 Å². The third kappa shape index (κ3) is 11.4. The first-order valence-corrected chi connectivity index (χ1v) is 6.94. The normalized spacial score (nSPS) is 15.0. The van der Waals surface area contributed by atoms with Gasteiger partial charge in [0.1, 0.15) is 0 Å². The predicted octanol–water partition coefficient (Wildman–Crippen LogP) is -1.30. The monoisotopic (exact) mass is 318 g/mol. The zero-order valence-corrected chi connectivity index (χ0v) is 12.6. The molecule has 0 aliphatic heterocycles. The first-order valence-electron chi connectivity index (χ1n) is 6.94. The van der Waals surface area contributed by atoms with Crippen molar-refractivity contribution in [3.05, 3.63) is 25.3 Å². The van der Waals surface area contributed by atoms with Crippen molar-refractivity contribution in [2.24, 2.45) is 0 Å². The van der Waals surface area contributed by atoms with E-state index in [1.165, 1.54) is 0 Å². The summed E-state index contributed by atoms with van der Waals surface area (Å²) in [5.74, 6) is -1.14. The van der Waals surface area contributed by atoms with E-state index in [2.05, 4.69) is 23.8 Å². The minimum atomic E-state index is -1.14. The van der Waals surface area contributed by atoms with E-state index < -0.39 is 24.3 Å². The van der Waals surface area contributed by atoms with Gasteiger partial charge in [-0.15, -0.1) is 13.2 Å². The van der Waals surface area contributed by atoms with Crippen molar-refractivity contribution in [3.8, 4) is 0 Å². The number of hydrogen-bond donors (Lipinski definition) is 5. The van der Waals surface area contributed by atoms with E-state index in [1.54, 1.807) is 12.2 Å². The van der Waals surface area contributed by atoms with Crippen molar-refractivity contribution in [3.63, 3.8) is 0 Å². The summed E-state index contributed by atoms with van der Waals surface area (Å²) in [4.78, 5) is 11.1. The van der Waals surface area contributed by atoms with Crippen LogP contribution in [0.5, 0.6) is 0 Å². The molecule has 0 amide bonds. The average molecular weight is 318 g/mol. The van der Waals surface area contributed by atoms with Gasteiger partial charge in [-0.2, -0.15) is 0 Å². The SMILES string of the molecule is C=CCOCC(O)CNC(NCC(O)COCC=C)C(=O)O. The van der Waals surface area contributed by atoms with Gasteiger partial charge in [0.25, 0.3) is 0 Å². The molecule has 2 atom stereocenters. The Morgan fingerprint density at radius 2 is 1.41 bits per heavy atom. The second-order valence-electron chi connectivity index (χ2n) is 4.55. The van der Waals surface area contributed by atoms with Gasteiger partial charge in [0.15, 0.2) is 6.17 Å². The van der Waals surface area contributed by atoms with Gasteiger partial charge in [-0.25, -0.2) is 4.79 Å². The number of carboxylic acid groups (broad SMARTS) is 1. The van der Waals surface area contributed by atoms with Crippen LogP contribution in [0.1, 0.15) is 0 Å². The standard InChI is InChI=1S/C14H26N2O6/c1-3-5-21-9-11(17)7-15-13(14(19)20)16-8-12(18)10-22-6-4-2/h3-4,11-13,15-18H,1-2,5-10H2,(H,19,20). The Hall–Kier alpha value is -1.29. The molecule has 0 saturated carbocycles. The van der Waals surface area contributed by atoms with Gasteiger partial charge in [-0.05, 0) is 0 Å². The number of ether oxygens (including phenoxy) is 2. The summed E-state index contributed by atoms with van der Waals surface area (Å²) in [5, 5.41) is 33.5. The second-order valence-corrected chi connectivity index (χ2v) is 4.55. The van der Waals surface area contributed by atoms with Crippen LogP contribution in [-0.4, -0.2) is 79.2 Å². The highest BCUT2D eigenvalue weighted by atomic mass is 16.5. The fourth-order valence-electron chi connectivity index (χ4n) is 1.45. The van der Waals surface area contributed by atoms with Crippen LogP contribution in [0.15, 0.2) is 25.3 Å². The summed E-state index contributed by atoms with van der Waals surface area (Å²) in [5.41, 5.74) is 0. The highest BCUT2D eigenvalue weighted by Gasteiger charge is 2.19. The van der Waals surface area contributed by atoms with Crippen LogP contribution in [0.25, 0.3) is 0 Å². The third-order valence-electron chi connectivity index (χ3n) is 2.45. The van der Waals surface area contributed by atoms with Crippen molar-refractivity contribution in [2.75, 3.05) is 39.5 Å². The van der Waals surface area contributed by atoms with Crippen LogP contribution in [0.2, 0.25) is 0 Å². The Balaban J connectivity index is 3.97. The predicted molar refractivity (Wildman–Crippen MR) is 81.5 cm³/mol. The zero-order valence-electron chi connectivity index (χ0n) is 12.6. The molecule has 0 heterocycles. The molecule has 0 aromatic carbocycles. The molecule has 2 unspecified atom stereocenters. The van der Waals surface area contributed by atoms with Crippen molar-refractivity contribution in [1.29, 1.82) is 0 Å². The largest absolute Gasteiger partial charge is 0.479 e. The lowest BCUT2D eigenvalue weighted by molar-refractivity contribution is -0.140. The van der Waals surface area contributed by atoms with Crippen molar-refractivity contribution in [1.82, 2.24) is 10.6 Å². The van der Waals surface area contributed by atoms with Crippen LogP contribution in [0.3, 0.4) is 0 Å². The van der Waals surface area contributed by atoms with Gasteiger partial charge in [0.05, 0.1) is 38.6 Å². The second kappa shape index (κ2) is 13.4. The molecule has 0 aromatic heterocycles. The first-order chi connectivity index (χ1) is 10.5. The lowest BCUT2D eigenvalue weighted by Crippen LogP contribution is -2.53. The molecule has 0 spiro atoms. The molecule has 0 bridgehead atoms. The molecule has 0 saturated heterocycles. The molecule has 0 aromatic rings. The maximum absolute atomic E-state index is 11.1. The van der Waals surface area contributed by atoms with E-state index in [1.807, 2.05) is 0 Å². The summed E-state index contributed by atoms with van der Waals surface area (Å²) in [6.07, 6.45) is 0.326. The number of nitrogens with one attached hydrogen (secondary N) is 2. The number of aliphatic hydroxyl groups excluding tert-OH is 2. The number of carboxylic acids is 1. The molecule has 0 fully saturated rings. The molecule has 8 heteroatoms. The molecule has 5 N–H and O–H groups in total. The van der Waals surface area contributed by atoms with Gasteiger partial charge in [-0.3, -0.25) is 10.6 Å². The fraction of sp³-hybridized carbons (Fsp3) is 0.643. The minimum absolute atomic E-state index is 0.0319. The average Bonchev–Trinajstić information content (AvgIpc) is 2.47. The van der Waals surface area contributed by atoms with E-state index in [0.29, 0.717) is 13.2 Å². The highest BCUT2D eigenvalue weighted by molar-refractivity contribution is 5.72. The van der Waals surface area contributed by atoms with Crippen molar-refractivity contribution < 1.29 is 29.6 Å². The quantitative estimate of drug-likeness (QED) is 0.144. The molecular weight excluding hydrogens is 292 g/mol. The minimum Gasteiger partial charge on any atom is -0.479 e. The summed E-state index contributed by atoms with van der Waals surface area (Å²) in [7, 11) is 0. The number of carbonyl (C=O) groups is 1. The molecular formula is C14H26N2O6. The molecule has 0 aliphatic rings. The van der Waals surface area contributed by atoms with Crippen molar-refractivity contribution in [2.45, 2.75) is 18.4 Å². The first kappa shape index (κ1) is 20.7. The maximum Gasteiger partial charge on any atom is 0.335 e. The molecule has 128 valence electrons. The Bertz CT molecular complexity index is 302.